The Bertz CT molecular complexity index is 608. The molecule has 0 aromatic heterocycles. The van der Waals surface area contributed by atoms with Crippen molar-refractivity contribution < 1.29 is 9.73 Å². The molecule has 1 N–H and O–H groups in total. The van der Waals surface area contributed by atoms with Gasteiger partial charge in [0.2, 0.25) is 0 Å². The summed E-state index contributed by atoms with van der Waals surface area (Å²) in [6, 6.07) is 14.7. The molecule has 0 saturated carbocycles. The van der Waals surface area contributed by atoms with E-state index in [1.807, 2.05) is 0 Å². The highest BCUT2D eigenvalue weighted by Crippen LogP contribution is 2.19. The van der Waals surface area contributed by atoms with Crippen LogP contribution in [0.4, 0.5) is 0 Å². The number of ether oxygens (including phenoxy) is 1. The highest BCUT2D eigenvalue weighted by molar-refractivity contribution is 6.04. The molecular formula is C16H18NO+. The van der Waals surface area contributed by atoms with Crippen molar-refractivity contribution >= 4 is 16.7 Å². The van der Waals surface area contributed by atoms with Crippen LogP contribution in [0, 0.1) is 0 Å². The third kappa shape index (κ3) is 1.99. The third-order valence-corrected chi connectivity index (χ3v) is 3.46. The van der Waals surface area contributed by atoms with Crippen molar-refractivity contribution in [2.45, 2.75) is 25.8 Å². The largest absolute Gasteiger partial charge is 0.444 e. The highest BCUT2D eigenvalue weighted by Gasteiger charge is 2.31. The minimum Gasteiger partial charge on any atom is -0.444 e. The second-order valence-corrected chi connectivity index (χ2v) is 5.46. The van der Waals surface area contributed by atoms with Crippen molar-refractivity contribution in [2.24, 2.45) is 0 Å². The number of nitrogens with one attached hydrogen (secondary N) is 1. The molecule has 0 fully saturated rings. The van der Waals surface area contributed by atoms with Crippen LogP contribution in [-0.2, 0) is 4.74 Å². The fraction of sp³-hybridized carbons (Fsp3) is 0.312. The lowest BCUT2D eigenvalue weighted by atomic mass is 9.99. The zero-order chi connectivity index (χ0) is 12.6. The highest BCUT2D eigenvalue weighted by atomic mass is 16.5. The molecule has 0 spiro atoms. The van der Waals surface area contributed by atoms with Gasteiger partial charge in [-0.05, 0) is 16.8 Å². The average Bonchev–Trinajstić information content (AvgIpc) is 2.37. The molecule has 18 heavy (non-hydrogen) atoms. The van der Waals surface area contributed by atoms with Crippen molar-refractivity contribution in [2.75, 3.05) is 6.61 Å². The molecule has 1 aliphatic heterocycles. The quantitative estimate of drug-likeness (QED) is 0.808. The van der Waals surface area contributed by atoms with Gasteiger partial charge in [-0.25, -0.2) is 4.99 Å². The van der Waals surface area contributed by atoms with Gasteiger partial charge in [0.1, 0.15) is 6.61 Å². The van der Waals surface area contributed by atoms with Gasteiger partial charge in [0.25, 0.3) is 0 Å². The summed E-state index contributed by atoms with van der Waals surface area (Å²) in [4.78, 5) is 3.50. The zero-order valence-electron chi connectivity index (χ0n) is 10.9. The van der Waals surface area contributed by atoms with Gasteiger partial charge >= 0.3 is 5.90 Å². The first kappa shape index (κ1) is 11.3. The first-order valence-electron chi connectivity index (χ1n) is 6.42. The molecule has 0 aliphatic carbocycles. The van der Waals surface area contributed by atoms with Crippen LogP contribution in [-0.4, -0.2) is 18.0 Å². The van der Waals surface area contributed by atoms with E-state index >= 15 is 0 Å². The van der Waals surface area contributed by atoms with E-state index in [9.17, 15) is 0 Å². The summed E-state index contributed by atoms with van der Waals surface area (Å²) in [5, 5.41) is 2.48. The number of hydrogen-bond acceptors (Lipinski definition) is 1. The van der Waals surface area contributed by atoms with E-state index in [2.05, 4.69) is 61.3 Å². The van der Waals surface area contributed by atoms with Gasteiger partial charge in [-0.15, -0.1) is 0 Å². The predicted molar refractivity (Wildman–Crippen MR) is 73.7 cm³/mol. The molecule has 2 nitrogen and oxygen atoms in total. The van der Waals surface area contributed by atoms with E-state index in [0.29, 0.717) is 0 Å². The minimum atomic E-state index is 0.102. The summed E-state index contributed by atoms with van der Waals surface area (Å²) in [5.41, 5.74) is 1.26. The van der Waals surface area contributed by atoms with Gasteiger partial charge in [-0.3, -0.25) is 0 Å². The van der Waals surface area contributed by atoms with Crippen molar-refractivity contribution in [1.82, 2.24) is 0 Å². The maximum Gasteiger partial charge on any atom is 0.369 e. The van der Waals surface area contributed by atoms with Crippen molar-refractivity contribution in [3.8, 4) is 0 Å². The van der Waals surface area contributed by atoms with E-state index in [1.165, 1.54) is 10.8 Å². The molecule has 0 bridgehead atoms. The lowest BCUT2D eigenvalue weighted by Crippen LogP contribution is -2.88. The lowest BCUT2D eigenvalue weighted by Gasteiger charge is -2.21. The van der Waals surface area contributed by atoms with Gasteiger partial charge in [0.05, 0.1) is 5.56 Å². The fourth-order valence-corrected chi connectivity index (χ4v) is 2.38. The van der Waals surface area contributed by atoms with Crippen LogP contribution < -0.4 is 4.99 Å². The maximum atomic E-state index is 5.81. The zero-order valence-corrected chi connectivity index (χ0v) is 10.9. The van der Waals surface area contributed by atoms with Gasteiger partial charge in [-0.1, -0.05) is 36.4 Å². The van der Waals surface area contributed by atoms with Crippen molar-refractivity contribution in [1.29, 1.82) is 0 Å². The molecule has 1 heterocycles. The number of fused-ring (bicyclic) bond motifs is 1. The van der Waals surface area contributed by atoms with Gasteiger partial charge in [0, 0.05) is 20.3 Å². The molecule has 2 heteroatoms. The second kappa shape index (κ2) is 4.13. The summed E-state index contributed by atoms with van der Waals surface area (Å²) in [6.45, 7) is 5.19. The molecule has 0 atom stereocenters. The molecule has 92 valence electrons. The predicted octanol–water partition coefficient (Wildman–Crippen LogP) is 1.87. The Morgan fingerprint density at radius 3 is 2.67 bits per heavy atom. The van der Waals surface area contributed by atoms with E-state index < -0.39 is 0 Å². The molecule has 0 radical (unpaired) electrons. The van der Waals surface area contributed by atoms with Crippen LogP contribution in [0.25, 0.3) is 10.8 Å². The Morgan fingerprint density at radius 2 is 1.83 bits per heavy atom. The van der Waals surface area contributed by atoms with Gasteiger partial charge < -0.3 is 4.74 Å². The van der Waals surface area contributed by atoms with Crippen molar-refractivity contribution in [3.05, 3.63) is 48.0 Å². The van der Waals surface area contributed by atoms with Crippen LogP contribution in [0.2, 0.25) is 0 Å². The Labute approximate surface area is 107 Å². The number of benzene rings is 2. The van der Waals surface area contributed by atoms with E-state index in [4.69, 9.17) is 4.74 Å². The van der Waals surface area contributed by atoms with Crippen LogP contribution in [0.1, 0.15) is 25.8 Å². The van der Waals surface area contributed by atoms with Gasteiger partial charge in [0.15, 0.2) is 5.54 Å². The van der Waals surface area contributed by atoms with E-state index in [-0.39, 0.29) is 5.54 Å². The molecular weight excluding hydrogens is 222 g/mol. The third-order valence-electron chi connectivity index (χ3n) is 3.46. The summed E-state index contributed by atoms with van der Waals surface area (Å²) in [6.07, 6.45) is 1.03. The molecule has 1 aliphatic rings. The Kier molecular flexibility index (Phi) is 2.58. The first-order valence-corrected chi connectivity index (χ1v) is 6.42. The van der Waals surface area contributed by atoms with Crippen LogP contribution in [0.15, 0.2) is 42.5 Å². The van der Waals surface area contributed by atoms with E-state index in [0.717, 1.165) is 24.5 Å². The molecule has 0 saturated heterocycles. The van der Waals surface area contributed by atoms with E-state index in [1.54, 1.807) is 0 Å². The smallest absolute Gasteiger partial charge is 0.369 e. The maximum absolute atomic E-state index is 5.81. The molecule has 2 aromatic rings. The summed E-state index contributed by atoms with van der Waals surface area (Å²) in [7, 11) is 0. The van der Waals surface area contributed by atoms with Crippen LogP contribution >= 0.6 is 0 Å². The monoisotopic (exact) mass is 240 g/mol. The molecule has 2 aromatic carbocycles. The standard InChI is InChI=1S/C16H17NO/c1-16(2)10-11-18-15(17-16)14-9-5-7-12-6-3-4-8-13(12)14/h3-9H,10-11H2,1-2H3/p+1. The number of rotatable bonds is 1. The Morgan fingerprint density at radius 1 is 1.06 bits per heavy atom. The normalized spacial score (nSPS) is 18.2. The molecule has 0 amide bonds. The Hall–Kier alpha value is -1.83. The average molecular weight is 240 g/mol. The van der Waals surface area contributed by atoms with Crippen LogP contribution in [0.5, 0.6) is 0 Å². The van der Waals surface area contributed by atoms with Crippen LogP contribution in [0.3, 0.4) is 0 Å². The first-order chi connectivity index (χ1) is 8.66. The number of hydrogen-bond donors (Lipinski definition) is 1. The Balaban J connectivity index is 2.18. The molecule has 0 unspecified atom stereocenters. The topological polar surface area (TPSA) is 23.2 Å². The summed E-state index contributed by atoms with van der Waals surface area (Å²) < 4.78 is 5.81. The van der Waals surface area contributed by atoms with Gasteiger partial charge in [-0.2, -0.15) is 0 Å². The lowest BCUT2D eigenvalue weighted by molar-refractivity contribution is -0.561. The minimum absolute atomic E-state index is 0.102. The fourth-order valence-electron chi connectivity index (χ4n) is 2.38. The summed E-state index contributed by atoms with van der Waals surface area (Å²) >= 11 is 0. The van der Waals surface area contributed by atoms with Crippen molar-refractivity contribution in [3.63, 3.8) is 0 Å². The molecule has 3 rings (SSSR count). The second-order valence-electron chi connectivity index (χ2n) is 5.46. The summed E-state index contributed by atoms with van der Waals surface area (Å²) in [5.74, 6) is 0.906. The SMILES string of the molecule is CC1(C)CCOC(c2cccc3ccccc23)=[NH+]1.